The number of fused-ring (bicyclic) bond motifs is 1. The topological polar surface area (TPSA) is 85.3 Å². The van der Waals surface area contributed by atoms with Gasteiger partial charge in [0, 0.05) is 4.47 Å². The Morgan fingerprint density at radius 2 is 2.00 bits per heavy atom. The number of carbonyl (C=O) groups is 3. The van der Waals surface area contributed by atoms with Crippen molar-refractivity contribution in [3.8, 4) is 0 Å². The van der Waals surface area contributed by atoms with Crippen molar-refractivity contribution in [2.75, 3.05) is 11.5 Å². The number of ether oxygens (including phenoxy) is 1. The Kier molecular flexibility index (Phi) is 3.69. The fraction of sp³-hybridized carbons (Fsp3) is 0.286. The average molecular weight is 367 g/mol. The molecule has 0 aliphatic carbocycles. The molecule has 2 atom stereocenters. The molecule has 2 heterocycles. The number of hydrogen-bond donors (Lipinski definition) is 0. The summed E-state index contributed by atoms with van der Waals surface area (Å²) in [5.74, 6) is -2.87. The zero-order valence-electron chi connectivity index (χ0n) is 11.5. The highest BCUT2D eigenvalue weighted by molar-refractivity contribution is 9.10. The van der Waals surface area contributed by atoms with Crippen LogP contribution in [0.25, 0.3) is 0 Å². The molecule has 0 bridgehead atoms. The number of benzene rings is 1. The lowest BCUT2D eigenvalue weighted by Gasteiger charge is -2.15. The molecular formula is C14H11BrN2O5. The van der Waals surface area contributed by atoms with Crippen LogP contribution in [0, 0.1) is 5.92 Å². The summed E-state index contributed by atoms with van der Waals surface area (Å²) in [6.07, 6.45) is -1.10. The first-order valence-corrected chi connectivity index (χ1v) is 7.38. The van der Waals surface area contributed by atoms with Gasteiger partial charge in [-0.05, 0) is 31.2 Å². The average Bonchev–Trinajstić information content (AvgIpc) is 3.03. The molecule has 2 aliphatic rings. The molecular weight excluding hydrogens is 356 g/mol. The maximum Gasteiger partial charge on any atom is 0.357 e. The third-order valence-electron chi connectivity index (χ3n) is 3.38. The minimum Gasteiger partial charge on any atom is -0.461 e. The number of esters is 1. The Hall–Kier alpha value is -2.22. The lowest BCUT2D eigenvalue weighted by molar-refractivity contribution is -0.136. The van der Waals surface area contributed by atoms with Gasteiger partial charge in [-0.25, -0.2) is 9.69 Å². The smallest absolute Gasteiger partial charge is 0.357 e. The first-order valence-electron chi connectivity index (χ1n) is 6.58. The number of hydrogen-bond acceptors (Lipinski definition) is 6. The third kappa shape index (κ3) is 2.19. The maximum absolute atomic E-state index is 12.5. The van der Waals surface area contributed by atoms with Crippen molar-refractivity contribution in [2.24, 2.45) is 11.1 Å². The monoisotopic (exact) mass is 366 g/mol. The van der Waals surface area contributed by atoms with E-state index in [9.17, 15) is 14.4 Å². The van der Waals surface area contributed by atoms with E-state index in [1.807, 2.05) is 0 Å². The lowest BCUT2D eigenvalue weighted by atomic mass is 10.00. The van der Waals surface area contributed by atoms with Crippen LogP contribution in [0.1, 0.15) is 6.92 Å². The summed E-state index contributed by atoms with van der Waals surface area (Å²) in [6.45, 7) is 1.79. The van der Waals surface area contributed by atoms with Gasteiger partial charge in [-0.3, -0.25) is 9.59 Å². The molecule has 1 aromatic carbocycles. The van der Waals surface area contributed by atoms with Gasteiger partial charge in [-0.2, -0.15) is 0 Å². The first-order chi connectivity index (χ1) is 10.5. The fourth-order valence-corrected chi connectivity index (χ4v) is 2.66. The van der Waals surface area contributed by atoms with Crippen LogP contribution < -0.4 is 4.90 Å². The van der Waals surface area contributed by atoms with Crippen molar-refractivity contribution in [3.63, 3.8) is 0 Å². The summed E-state index contributed by atoms with van der Waals surface area (Å²) in [5, 5.41) is 3.55. The number of nitrogens with zero attached hydrogens (tertiary/aromatic N) is 2. The summed E-state index contributed by atoms with van der Waals surface area (Å²) >= 11 is 3.29. The number of oxime groups is 1. The van der Waals surface area contributed by atoms with Crippen molar-refractivity contribution >= 4 is 45.1 Å². The van der Waals surface area contributed by atoms with E-state index < -0.39 is 29.8 Å². The van der Waals surface area contributed by atoms with E-state index in [1.54, 1.807) is 31.2 Å². The van der Waals surface area contributed by atoms with Crippen LogP contribution >= 0.6 is 15.9 Å². The van der Waals surface area contributed by atoms with Crippen molar-refractivity contribution < 1.29 is 24.0 Å². The Morgan fingerprint density at radius 3 is 2.64 bits per heavy atom. The molecule has 2 amide bonds. The molecule has 22 heavy (non-hydrogen) atoms. The molecule has 1 aromatic rings. The van der Waals surface area contributed by atoms with Crippen LogP contribution in [0.4, 0.5) is 5.69 Å². The summed E-state index contributed by atoms with van der Waals surface area (Å²) in [4.78, 5) is 42.7. The summed E-state index contributed by atoms with van der Waals surface area (Å²) in [5.41, 5.74) is 0.254. The highest BCUT2D eigenvalue weighted by atomic mass is 79.9. The molecule has 0 radical (unpaired) electrons. The number of carbonyl (C=O) groups excluding carboxylic acids is 3. The van der Waals surface area contributed by atoms with Gasteiger partial charge >= 0.3 is 5.97 Å². The second-order valence-corrected chi connectivity index (χ2v) is 5.60. The molecule has 114 valence electrons. The van der Waals surface area contributed by atoms with Crippen LogP contribution in [-0.2, 0) is 24.0 Å². The van der Waals surface area contributed by atoms with Crippen molar-refractivity contribution in [3.05, 3.63) is 28.7 Å². The molecule has 8 heteroatoms. The molecule has 0 saturated carbocycles. The molecule has 7 nitrogen and oxygen atoms in total. The summed E-state index contributed by atoms with van der Waals surface area (Å²) in [7, 11) is 0. The van der Waals surface area contributed by atoms with Crippen LogP contribution in [0.5, 0.6) is 0 Å². The Morgan fingerprint density at radius 1 is 1.32 bits per heavy atom. The van der Waals surface area contributed by atoms with Gasteiger partial charge in [-0.1, -0.05) is 21.1 Å². The third-order valence-corrected chi connectivity index (χ3v) is 3.91. The van der Waals surface area contributed by atoms with E-state index in [0.717, 1.165) is 9.37 Å². The van der Waals surface area contributed by atoms with Crippen LogP contribution in [0.15, 0.2) is 33.9 Å². The van der Waals surface area contributed by atoms with Gasteiger partial charge in [0.1, 0.15) is 5.92 Å². The molecule has 0 spiro atoms. The Labute approximate surface area is 134 Å². The van der Waals surface area contributed by atoms with Gasteiger partial charge in [-0.15, -0.1) is 0 Å². The molecule has 0 N–H and O–H groups in total. The van der Waals surface area contributed by atoms with E-state index in [2.05, 4.69) is 21.1 Å². The second-order valence-electron chi connectivity index (χ2n) is 4.69. The Balaban J connectivity index is 1.91. The number of anilines is 1. The summed E-state index contributed by atoms with van der Waals surface area (Å²) in [6, 6.07) is 6.68. The number of amides is 2. The van der Waals surface area contributed by atoms with Gasteiger partial charge in [0.2, 0.25) is 12.0 Å². The predicted octanol–water partition coefficient (Wildman–Crippen LogP) is 1.26. The predicted molar refractivity (Wildman–Crippen MR) is 79.1 cm³/mol. The molecule has 1 fully saturated rings. The molecule has 2 aliphatic heterocycles. The standard InChI is InChI=1S/C14H11BrN2O5/c1-2-21-14(20)10-9-11(22-16-10)13(19)17(12(9)18)8-5-3-7(15)4-6-8/h3-6,9,11H,2H2,1H3/t9-,11-/m0/s1. The minimum absolute atomic E-state index is 0.147. The van der Waals surface area contributed by atoms with Crippen molar-refractivity contribution in [1.82, 2.24) is 0 Å². The van der Waals surface area contributed by atoms with Crippen LogP contribution in [0.3, 0.4) is 0 Å². The van der Waals surface area contributed by atoms with Crippen LogP contribution in [0.2, 0.25) is 0 Å². The van der Waals surface area contributed by atoms with Gasteiger partial charge in [0.15, 0.2) is 5.71 Å². The van der Waals surface area contributed by atoms with Gasteiger partial charge in [0.25, 0.3) is 5.91 Å². The van der Waals surface area contributed by atoms with E-state index in [-0.39, 0.29) is 12.3 Å². The fourth-order valence-electron chi connectivity index (χ4n) is 2.40. The Bertz CT molecular complexity index is 685. The first kappa shape index (κ1) is 14.7. The minimum atomic E-state index is -1.10. The normalized spacial score (nSPS) is 23.2. The van der Waals surface area contributed by atoms with E-state index in [1.165, 1.54) is 0 Å². The largest absolute Gasteiger partial charge is 0.461 e. The highest BCUT2D eigenvalue weighted by Gasteiger charge is 2.58. The summed E-state index contributed by atoms with van der Waals surface area (Å²) < 4.78 is 5.66. The van der Waals surface area contributed by atoms with Crippen LogP contribution in [-0.4, -0.2) is 36.2 Å². The molecule has 0 unspecified atom stereocenters. The van der Waals surface area contributed by atoms with Gasteiger partial charge < -0.3 is 9.57 Å². The number of rotatable bonds is 3. The highest BCUT2D eigenvalue weighted by Crippen LogP contribution is 2.33. The number of imide groups is 1. The zero-order chi connectivity index (χ0) is 15.9. The quantitative estimate of drug-likeness (QED) is 0.593. The van der Waals surface area contributed by atoms with Crippen molar-refractivity contribution in [2.45, 2.75) is 13.0 Å². The molecule has 0 aromatic heterocycles. The van der Waals surface area contributed by atoms with E-state index >= 15 is 0 Å². The van der Waals surface area contributed by atoms with Crippen molar-refractivity contribution in [1.29, 1.82) is 0 Å². The van der Waals surface area contributed by atoms with E-state index in [0.29, 0.717) is 5.69 Å². The zero-order valence-corrected chi connectivity index (χ0v) is 13.1. The van der Waals surface area contributed by atoms with E-state index in [4.69, 9.17) is 9.57 Å². The second kappa shape index (κ2) is 5.53. The maximum atomic E-state index is 12.5. The van der Waals surface area contributed by atoms with Gasteiger partial charge in [0.05, 0.1) is 12.3 Å². The molecule has 1 saturated heterocycles. The lowest BCUT2D eigenvalue weighted by Crippen LogP contribution is -2.34. The molecule has 3 rings (SSSR count). The number of halogens is 1. The SMILES string of the molecule is CCOC(=O)C1=NO[C@@H]2C(=O)N(c3ccc(Br)cc3)C(=O)[C@@H]12.